The van der Waals surface area contributed by atoms with Crippen LogP contribution in [0.3, 0.4) is 0 Å². The molecule has 1 heterocycles. The summed E-state index contributed by atoms with van der Waals surface area (Å²) in [6.07, 6.45) is 0.153. The number of carbonyl (C=O) groups excluding carboxylic acids is 1. The number of aliphatic carboxylic acids is 1. The molecule has 1 aromatic carbocycles. The molecule has 0 aliphatic carbocycles. The molecule has 0 radical (unpaired) electrons. The van der Waals surface area contributed by atoms with E-state index in [9.17, 15) is 9.59 Å². The Morgan fingerprint density at radius 3 is 2.87 bits per heavy atom. The van der Waals surface area contributed by atoms with Crippen LogP contribution in [0.1, 0.15) is 5.69 Å². The Balaban J connectivity index is 1.81. The standard InChI is InChI=1S/C15H15ClN2O4S/c16-12-4-2-1-3-11(12)15-18-10(9-23-15)7-13(19)17-5-6-22-8-14(20)21/h1-4,9H,5-8H2,(H,17,19)(H,20,21). The molecule has 23 heavy (non-hydrogen) atoms. The van der Waals surface area contributed by atoms with Gasteiger partial charge in [-0.1, -0.05) is 29.8 Å². The van der Waals surface area contributed by atoms with Gasteiger partial charge in [-0.15, -0.1) is 11.3 Å². The Morgan fingerprint density at radius 2 is 2.13 bits per heavy atom. The molecular formula is C15H15ClN2O4S. The highest BCUT2D eigenvalue weighted by atomic mass is 35.5. The number of halogens is 1. The topological polar surface area (TPSA) is 88.5 Å². The van der Waals surface area contributed by atoms with Crippen molar-refractivity contribution in [1.82, 2.24) is 10.3 Å². The first-order valence-electron chi connectivity index (χ1n) is 6.82. The Bertz CT molecular complexity index is 690. The zero-order valence-electron chi connectivity index (χ0n) is 12.1. The van der Waals surface area contributed by atoms with Gasteiger partial charge >= 0.3 is 5.97 Å². The van der Waals surface area contributed by atoms with Gasteiger partial charge in [0.2, 0.25) is 5.91 Å². The van der Waals surface area contributed by atoms with Crippen LogP contribution >= 0.6 is 22.9 Å². The zero-order chi connectivity index (χ0) is 16.7. The Morgan fingerprint density at radius 1 is 1.35 bits per heavy atom. The number of amides is 1. The number of ether oxygens (including phenoxy) is 1. The summed E-state index contributed by atoms with van der Waals surface area (Å²) in [5.74, 6) is -1.23. The maximum absolute atomic E-state index is 11.8. The maximum atomic E-state index is 11.8. The number of thiazole rings is 1. The predicted octanol–water partition coefficient (Wildman–Crippen LogP) is 2.22. The fourth-order valence-corrected chi connectivity index (χ4v) is 2.94. The van der Waals surface area contributed by atoms with E-state index in [1.165, 1.54) is 11.3 Å². The van der Waals surface area contributed by atoms with Crippen molar-refractivity contribution in [3.05, 3.63) is 40.4 Å². The van der Waals surface area contributed by atoms with Crippen molar-refractivity contribution in [2.45, 2.75) is 6.42 Å². The van der Waals surface area contributed by atoms with Gasteiger partial charge in [0.25, 0.3) is 0 Å². The molecule has 6 nitrogen and oxygen atoms in total. The van der Waals surface area contributed by atoms with Crippen LogP contribution in [0.4, 0.5) is 0 Å². The molecule has 0 saturated carbocycles. The van der Waals surface area contributed by atoms with E-state index >= 15 is 0 Å². The Kier molecular flexibility index (Phi) is 6.52. The van der Waals surface area contributed by atoms with Gasteiger partial charge in [-0.05, 0) is 6.07 Å². The second-order valence-corrected chi connectivity index (χ2v) is 5.86. The average Bonchev–Trinajstić information content (AvgIpc) is 2.95. The normalized spacial score (nSPS) is 10.5. The van der Waals surface area contributed by atoms with E-state index in [2.05, 4.69) is 10.3 Å². The van der Waals surface area contributed by atoms with Crippen LogP contribution in [-0.4, -0.2) is 41.7 Å². The fraction of sp³-hybridized carbons (Fsp3) is 0.267. The molecule has 0 atom stereocenters. The fourth-order valence-electron chi connectivity index (χ4n) is 1.80. The highest BCUT2D eigenvalue weighted by Gasteiger charge is 2.10. The minimum atomic E-state index is -1.04. The van der Waals surface area contributed by atoms with Crippen LogP contribution in [0, 0.1) is 0 Å². The van der Waals surface area contributed by atoms with Crippen LogP contribution in [0.5, 0.6) is 0 Å². The van der Waals surface area contributed by atoms with E-state index in [4.69, 9.17) is 21.4 Å². The number of carboxylic acids is 1. The molecule has 2 rings (SSSR count). The predicted molar refractivity (Wildman–Crippen MR) is 87.7 cm³/mol. The van der Waals surface area contributed by atoms with Crippen molar-refractivity contribution in [2.75, 3.05) is 19.8 Å². The molecule has 0 unspecified atom stereocenters. The summed E-state index contributed by atoms with van der Waals surface area (Å²) < 4.78 is 4.83. The smallest absolute Gasteiger partial charge is 0.329 e. The molecule has 1 amide bonds. The number of benzene rings is 1. The molecule has 0 aliphatic rings. The molecule has 8 heteroatoms. The average molecular weight is 355 g/mol. The lowest BCUT2D eigenvalue weighted by Gasteiger charge is -2.04. The number of nitrogens with zero attached hydrogens (tertiary/aromatic N) is 1. The number of carboxylic acid groups (broad SMARTS) is 1. The number of hydrogen-bond acceptors (Lipinski definition) is 5. The lowest BCUT2D eigenvalue weighted by molar-refractivity contribution is -0.142. The Hall–Kier alpha value is -1.96. The molecule has 122 valence electrons. The lowest BCUT2D eigenvalue weighted by Crippen LogP contribution is -2.29. The first-order chi connectivity index (χ1) is 11.1. The molecule has 0 saturated heterocycles. The molecule has 2 aromatic rings. The van der Waals surface area contributed by atoms with Crippen molar-refractivity contribution >= 4 is 34.8 Å². The van der Waals surface area contributed by atoms with Crippen LogP contribution in [0.2, 0.25) is 5.02 Å². The van der Waals surface area contributed by atoms with Gasteiger partial charge in [-0.25, -0.2) is 9.78 Å². The lowest BCUT2D eigenvalue weighted by atomic mass is 10.2. The molecule has 0 bridgehead atoms. The van der Waals surface area contributed by atoms with Gasteiger partial charge in [0.05, 0.1) is 23.7 Å². The van der Waals surface area contributed by atoms with E-state index in [0.29, 0.717) is 10.7 Å². The van der Waals surface area contributed by atoms with Crippen LogP contribution < -0.4 is 5.32 Å². The monoisotopic (exact) mass is 354 g/mol. The third-order valence-corrected chi connectivity index (χ3v) is 4.05. The second kappa shape index (κ2) is 8.61. The minimum Gasteiger partial charge on any atom is -0.480 e. The first kappa shape index (κ1) is 17.4. The summed E-state index contributed by atoms with van der Waals surface area (Å²) in [5.41, 5.74) is 1.50. The number of nitrogens with one attached hydrogen (secondary N) is 1. The summed E-state index contributed by atoms with van der Waals surface area (Å²) in [5, 5.41) is 14.3. The third kappa shape index (κ3) is 5.63. The number of rotatable bonds is 8. The van der Waals surface area contributed by atoms with E-state index in [0.717, 1.165) is 10.6 Å². The Labute approximate surface area is 142 Å². The molecular weight excluding hydrogens is 340 g/mol. The minimum absolute atomic E-state index is 0.153. The number of carbonyl (C=O) groups is 2. The quantitative estimate of drug-likeness (QED) is 0.710. The van der Waals surface area contributed by atoms with Gasteiger partial charge in [-0.3, -0.25) is 4.79 Å². The van der Waals surface area contributed by atoms with Crippen molar-refractivity contribution in [3.63, 3.8) is 0 Å². The van der Waals surface area contributed by atoms with Gasteiger partial charge in [0.15, 0.2) is 0 Å². The van der Waals surface area contributed by atoms with Crippen molar-refractivity contribution < 1.29 is 19.4 Å². The van der Waals surface area contributed by atoms with Crippen molar-refractivity contribution in [2.24, 2.45) is 0 Å². The second-order valence-electron chi connectivity index (χ2n) is 4.60. The SMILES string of the molecule is O=C(O)COCCNC(=O)Cc1csc(-c2ccccc2Cl)n1. The summed E-state index contributed by atoms with van der Waals surface area (Å²) in [6, 6.07) is 7.40. The largest absolute Gasteiger partial charge is 0.480 e. The molecule has 0 fully saturated rings. The van der Waals surface area contributed by atoms with Gasteiger partial charge in [-0.2, -0.15) is 0 Å². The summed E-state index contributed by atoms with van der Waals surface area (Å²) >= 11 is 7.55. The first-order valence-corrected chi connectivity index (χ1v) is 8.07. The van der Waals surface area contributed by atoms with E-state index < -0.39 is 5.97 Å². The van der Waals surface area contributed by atoms with Gasteiger partial charge in [0, 0.05) is 17.5 Å². The molecule has 0 spiro atoms. The van der Waals surface area contributed by atoms with E-state index in [-0.39, 0.29) is 32.1 Å². The van der Waals surface area contributed by atoms with E-state index in [1.54, 1.807) is 6.07 Å². The zero-order valence-corrected chi connectivity index (χ0v) is 13.7. The van der Waals surface area contributed by atoms with Gasteiger partial charge in [0.1, 0.15) is 11.6 Å². The van der Waals surface area contributed by atoms with Crippen molar-refractivity contribution in [1.29, 1.82) is 0 Å². The molecule has 1 aromatic heterocycles. The number of aromatic nitrogens is 1. The van der Waals surface area contributed by atoms with E-state index in [1.807, 2.05) is 23.6 Å². The maximum Gasteiger partial charge on any atom is 0.329 e. The van der Waals surface area contributed by atoms with Crippen LogP contribution in [0.25, 0.3) is 10.6 Å². The van der Waals surface area contributed by atoms with Crippen LogP contribution in [-0.2, 0) is 20.7 Å². The molecule has 2 N–H and O–H groups in total. The molecule has 0 aliphatic heterocycles. The number of hydrogen-bond donors (Lipinski definition) is 2. The van der Waals surface area contributed by atoms with Crippen molar-refractivity contribution in [3.8, 4) is 10.6 Å². The third-order valence-electron chi connectivity index (χ3n) is 2.79. The highest BCUT2D eigenvalue weighted by Crippen LogP contribution is 2.30. The highest BCUT2D eigenvalue weighted by molar-refractivity contribution is 7.13. The summed E-state index contributed by atoms with van der Waals surface area (Å²) in [6.45, 7) is 0.0384. The summed E-state index contributed by atoms with van der Waals surface area (Å²) in [7, 11) is 0. The summed E-state index contributed by atoms with van der Waals surface area (Å²) in [4.78, 5) is 26.4. The van der Waals surface area contributed by atoms with Crippen LogP contribution in [0.15, 0.2) is 29.6 Å². The van der Waals surface area contributed by atoms with Gasteiger partial charge < -0.3 is 15.2 Å².